The molecule has 0 spiro atoms. The highest BCUT2D eigenvalue weighted by atomic mass is 32.1. The molecule has 16 heavy (non-hydrogen) atoms. The van der Waals surface area contributed by atoms with Crippen molar-refractivity contribution in [1.29, 1.82) is 0 Å². The van der Waals surface area contributed by atoms with Crippen LogP contribution in [0, 0.1) is 0 Å². The summed E-state index contributed by atoms with van der Waals surface area (Å²) >= 11 is 1.58. The summed E-state index contributed by atoms with van der Waals surface area (Å²) in [6.07, 6.45) is 0. The monoisotopic (exact) mass is 238 g/mol. The van der Waals surface area contributed by atoms with Crippen molar-refractivity contribution in [2.75, 3.05) is 18.5 Å². The highest BCUT2D eigenvalue weighted by Crippen LogP contribution is 2.23. The molecule has 0 aromatic carbocycles. The molecule has 6 heteroatoms. The van der Waals surface area contributed by atoms with Gasteiger partial charge in [-0.15, -0.1) is 11.3 Å². The molecule has 0 radical (unpaired) electrons. The van der Waals surface area contributed by atoms with Crippen molar-refractivity contribution in [1.82, 2.24) is 10.1 Å². The molecule has 2 rings (SSSR count). The number of thiophene rings is 1. The van der Waals surface area contributed by atoms with Gasteiger partial charge in [-0.1, -0.05) is 6.07 Å². The normalized spacial score (nSPS) is 12.7. The van der Waals surface area contributed by atoms with E-state index < -0.39 is 0 Å². The van der Waals surface area contributed by atoms with Crippen LogP contribution in [0.5, 0.6) is 0 Å². The lowest BCUT2D eigenvalue weighted by molar-refractivity contribution is 0.367. The van der Waals surface area contributed by atoms with Crippen LogP contribution in [0.1, 0.15) is 23.7 Å². The number of hydrogen-bond donors (Lipinski definition) is 1. The Labute approximate surface area is 97.9 Å². The van der Waals surface area contributed by atoms with Gasteiger partial charge in [0.05, 0.1) is 0 Å². The van der Waals surface area contributed by atoms with Crippen molar-refractivity contribution in [3.63, 3.8) is 0 Å². The fourth-order valence-electron chi connectivity index (χ4n) is 1.24. The lowest BCUT2D eigenvalue weighted by atomic mass is 10.2. The molecule has 0 bridgehead atoms. The average Bonchev–Trinajstić information content (AvgIpc) is 2.97. The molecule has 0 saturated carbocycles. The molecule has 0 fully saturated rings. The molecule has 0 aliphatic carbocycles. The molecule has 0 amide bonds. The van der Waals surface area contributed by atoms with Crippen molar-refractivity contribution < 1.29 is 4.52 Å². The molecular weight excluding hydrogens is 224 g/mol. The Morgan fingerprint density at radius 1 is 1.62 bits per heavy atom. The Hall–Kier alpha value is -1.40. The van der Waals surface area contributed by atoms with Gasteiger partial charge in [-0.05, 0) is 23.5 Å². The van der Waals surface area contributed by atoms with Crippen LogP contribution in [0.25, 0.3) is 0 Å². The van der Waals surface area contributed by atoms with Crippen LogP contribution in [0.3, 0.4) is 0 Å². The fourth-order valence-corrected chi connectivity index (χ4v) is 1.96. The lowest BCUT2D eigenvalue weighted by Gasteiger charge is -2.09. The molecule has 0 saturated heterocycles. The van der Waals surface area contributed by atoms with E-state index in [2.05, 4.69) is 10.1 Å². The third-order valence-corrected chi connectivity index (χ3v) is 3.32. The van der Waals surface area contributed by atoms with Gasteiger partial charge in [0.2, 0.25) is 0 Å². The predicted molar refractivity (Wildman–Crippen MR) is 63.6 cm³/mol. The Morgan fingerprint density at radius 2 is 2.44 bits per heavy atom. The number of nitrogens with zero attached hydrogens (tertiary/aromatic N) is 3. The van der Waals surface area contributed by atoms with Crippen LogP contribution in [-0.4, -0.2) is 23.7 Å². The van der Waals surface area contributed by atoms with E-state index in [1.54, 1.807) is 11.3 Å². The van der Waals surface area contributed by atoms with E-state index in [1.165, 1.54) is 0 Å². The van der Waals surface area contributed by atoms with Crippen LogP contribution in [0.2, 0.25) is 0 Å². The van der Waals surface area contributed by atoms with Crippen molar-refractivity contribution in [3.8, 4) is 0 Å². The molecule has 5 nitrogen and oxygen atoms in total. The number of rotatable bonds is 4. The lowest BCUT2D eigenvalue weighted by Crippen LogP contribution is -2.17. The number of aromatic nitrogens is 2. The highest BCUT2D eigenvalue weighted by molar-refractivity contribution is 7.10. The minimum atomic E-state index is -0.327. The van der Waals surface area contributed by atoms with Crippen LogP contribution >= 0.6 is 11.3 Å². The predicted octanol–water partition coefficient (Wildman–Crippen LogP) is 1.64. The van der Waals surface area contributed by atoms with E-state index in [1.807, 2.05) is 36.4 Å². The second kappa shape index (κ2) is 4.63. The summed E-state index contributed by atoms with van der Waals surface area (Å²) < 4.78 is 5.15. The molecule has 2 aromatic rings. The summed E-state index contributed by atoms with van der Waals surface area (Å²) in [5, 5.41) is 5.86. The molecule has 0 aliphatic rings. The SMILES string of the molecule is CCN(C)c1noc(C(N)c2cccs2)n1. The quantitative estimate of drug-likeness (QED) is 0.877. The molecule has 1 atom stereocenters. The zero-order valence-electron chi connectivity index (χ0n) is 9.25. The first-order chi connectivity index (χ1) is 7.72. The van der Waals surface area contributed by atoms with Gasteiger partial charge in [-0.2, -0.15) is 4.98 Å². The van der Waals surface area contributed by atoms with Gasteiger partial charge in [-0.3, -0.25) is 0 Å². The van der Waals surface area contributed by atoms with Gasteiger partial charge >= 0.3 is 0 Å². The smallest absolute Gasteiger partial charge is 0.265 e. The Balaban J connectivity index is 2.19. The number of hydrogen-bond acceptors (Lipinski definition) is 6. The molecule has 0 aliphatic heterocycles. The fraction of sp³-hybridized carbons (Fsp3) is 0.400. The van der Waals surface area contributed by atoms with Gasteiger partial charge in [0, 0.05) is 18.5 Å². The maximum atomic E-state index is 6.01. The van der Waals surface area contributed by atoms with Crippen molar-refractivity contribution >= 4 is 17.3 Å². The molecule has 2 N–H and O–H groups in total. The first-order valence-corrected chi connectivity index (χ1v) is 5.94. The average molecular weight is 238 g/mol. The summed E-state index contributed by atoms with van der Waals surface area (Å²) in [6.45, 7) is 2.85. The molecule has 2 heterocycles. The van der Waals surface area contributed by atoms with Gasteiger partial charge in [-0.25, -0.2) is 0 Å². The first-order valence-electron chi connectivity index (χ1n) is 5.06. The summed E-state index contributed by atoms with van der Waals surface area (Å²) in [4.78, 5) is 7.19. The maximum absolute atomic E-state index is 6.01. The summed E-state index contributed by atoms with van der Waals surface area (Å²) in [7, 11) is 1.91. The largest absolute Gasteiger partial charge is 0.342 e. The second-order valence-corrected chi connectivity index (χ2v) is 4.42. The van der Waals surface area contributed by atoms with Gasteiger partial charge < -0.3 is 15.2 Å². The number of anilines is 1. The van der Waals surface area contributed by atoms with Crippen LogP contribution in [0.15, 0.2) is 22.0 Å². The minimum Gasteiger partial charge on any atom is -0.342 e. The molecular formula is C10H14N4OS. The number of nitrogens with two attached hydrogens (primary N) is 1. The van der Waals surface area contributed by atoms with Crippen LogP contribution in [0.4, 0.5) is 5.95 Å². The van der Waals surface area contributed by atoms with E-state index in [4.69, 9.17) is 10.3 Å². The summed E-state index contributed by atoms with van der Waals surface area (Å²) in [5.41, 5.74) is 6.01. The minimum absolute atomic E-state index is 0.327. The Bertz CT molecular complexity index is 439. The standard InChI is InChI=1S/C10H14N4OS/c1-3-14(2)10-12-9(15-13-10)8(11)7-5-4-6-16-7/h4-6,8H,3,11H2,1-2H3. The molecule has 2 aromatic heterocycles. The summed E-state index contributed by atoms with van der Waals surface area (Å²) in [6, 6.07) is 3.59. The van der Waals surface area contributed by atoms with E-state index in [0.29, 0.717) is 11.8 Å². The zero-order chi connectivity index (χ0) is 11.5. The third-order valence-electron chi connectivity index (χ3n) is 2.36. The Morgan fingerprint density at radius 3 is 3.06 bits per heavy atom. The van der Waals surface area contributed by atoms with Crippen LogP contribution in [-0.2, 0) is 0 Å². The maximum Gasteiger partial charge on any atom is 0.265 e. The van der Waals surface area contributed by atoms with E-state index in [0.717, 1.165) is 11.4 Å². The van der Waals surface area contributed by atoms with Crippen molar-refractivity contribution in [2.45, 2.75) is 13.0 Å². The van der Waals surface area contributed by atoms with E-state index in [9.17, 15) is 0 Å². The summed E-state index contributed by atoms with van der Waals surface area (Å²) in [5.74, 6) is 1.03. The van der Waals surface area contributed by atoms with E-state index in [-0.39, 0.29) is 6.04 Å². The highest BCUT2D eigenvalue weighted by Gasteiger charge is 2.18. The topological polar surface area (TPSA) is 68.2 Å². The second-order valence-electron chi connectivity index (χ2n) is 3.44. The van der Waals surface area contributed by atoms with Crippen molar-refractivity contribution in [2.24, 2.45) is 5.73 Å². The zero-order valence-corrected chi connectivity index (χ0v) is 10.1. The molecule has 1 unspecified atom stereocenters. The van der Waals surface area contributed by atoms with E-state index >= 15 is 0 Å². The first kappa shape index (κ1) is 11.1. The molecule has 86 valence electrons. The third kappa shape index (κ3) is 2.07. The van der Waals surface area contributed by atoms with Crippen molar-refractivity contribution in [3.05, 3.63) is 28.3 Å². The van der Waals surface area contributed by atoms with Gasteiger partial charge in [0.25, 0.3) is 11.8 Å². The van der Waals surface area contributed by atoms with Crippen LogP contribution < -0.4 is 10.6 Å². The van der Waals surface area contributed by atoms with Gasteiger partial charge in [0.1, 0.15) is 6.04 Å². The Kier molecular flexibility index (Phi) is 3.21. The van der Waals surface area contributed by atoms with Gasteiger partial charge in [0.15, 0.2) is 0 Å².